The predicted octanol–water partition coefficient (Wildman–Crippen LogP) is 3.21. The van der Waals surface area contributed by atoms with Gasteiger partial charge < -0.3 is 14.5 Å². The van der Waals surface area contributed by atoms with E-state index in [2.05, 4.69) is 29.8 Å². The standard InChI is InChI=1S/C14H19NO2S/c1-2-15-10-12-5-8-17-14(12)11-16-7-6-13-4-3-9-18-13/h3-5,8-9,15H,2,6-7,10-11H2,1H3. The molecule has 0 bridgehead atoms. The van der Waals surface area contributed by atoms with Gasteiger partial charge in [0.15, 0.2) is 0 Å². The van der Waals surface area contributed by atoms with Gasteiger partial charge in [0.1, 0.15) is 12.4 Å². The summed E-state index contributed by atoms with van der Waals surface area (Å²) in [5.74, 6) is 0.933. The Morgan fingerprint density at radius 3 is 3.11 bits per heavy atom. The lowest BCUT2D eigenvalue weighted by Gasteiger charge is -2.04. The first kappa shape index (κ1) is 13.3. The van der Waals surface area contributed by atoms with Gasteiger partial charge in [-0.1, -0.05) is 13.0 Å². The van der Waals surface area contributed by atoms with Gasteiger partial charge in [0.2, 0.25) is 0 Å². The first-order valence-corrected chi connectivity index (χ1v) is 7.14. The lowest BCUT2D eigenvalue weighted by Crippen LogP contribution is -2.12. The third kappa shape index (κ3) is 3.98. The van der Waals surface area contributed by atoms with Crippen LogP contribution < -0.4 is 5.32 Å². The van der Waals surface area contributed by atoms with Crippen LogP contribution in [0.2, 0.25) is 0 Å². The van der Waals surface area contributed by atoms with E-state index < -0.39 is 0 Å². The summed E-state index contributed by atoms with van der Waals surface area (Å²) >= 11 is 1.77. The molecule has 0 aliphatic rings. The lowest BCUT2D eigenvalue weighted by atomic mass is 10.2. The van der Waals surface area contributed by atoms with Gasteiger partial charge in [0, 0.05) is 23.4 Å². The fraction of sp³-hybridized carbons (Fsp3) is 0.429. The molecule has 0 atom stereocenters. The molecule has 0 aromatic carbocycles. The number of nitrogens with one attached hydrogen (secondary N) is 1. The Kier molecular flexibility index (Phi) is 5.45. The zero-order valence-corrected chi connectivity index (χ0v) is 11.5. The maximum Gasteiger partial charge on any atom is 0.133 e. The van der Waals surface area contributed by atoms with Crippen molar-refractivity contribution in [2.45, 2.75) is 26.5 Å². The van der Waals surface area contributed by atoms with Gasteiger partial charge in [-0.25, -0.2) is 0 Å². The van der Waals surface area contributed by atoms with Crippen LogP contribution in [0.3, 0.4) is 0 Å². The van der Waals surface area contributed by atoms with Gasteiger partial charge in [-0.15, -0.1) is 11.3 Å². The van der Waals surface area contributed by atoms with Gasteiger partial charge in [-0.05, 0) is 24.1 Å². The molecule has 2 heterocycles. The van der Waals surface area contributed by atoms with Gasteiger partial charge >= 0.3 is 0 Å². The largest absolute Gasteiger partial charge is 0.467 e. The number of hydrogen-bond acceptors (Lipinski definition) is 4. The van der Waals surface area contributed by atoms with E-state index in [0.717, 1.165) is 31.9 Å². The van der Waals surface area contributed by atoms with Crippen LogP contribution in [0.4, 0.5) is 0 Å². The highest BCUT2D eigenvalue weighted by Crippen LogP contribution is 2.13. The predicted molar refractivity (Wildman–Crippen MR) is 73.8 cm³/mol. The van der Waals surface area contributed by atoms with Crippen LogP contribution in [0, 0.1) is 0 Å². The minimum absolute atomic E-state index is 0.555. The summed E-state index contributed by atoms with van der Waals surface area (Å²) < 4.78 is 11.1. The van der Waals surface area contributed by atoms with Crippen LogP contribution in [0.25, 0.3) is 0 Å². The van der Waals surface area contributed by atoms with Crippen molar-refractivity contribution in [3.8, 4) is 0 Å². The highest BCUT2D eigenvalue weighted by Gasteiger charge is 2.05. The van der Waals surface area contributed by atoms with E-state index in [1.54, 1.807) is 17.6 Å². The molecular weight excluding hydrogens is 246 g/mol. The molecule has 0 amide bonds. The van der Waals surface area contributed by atoms with E-state index >= 15 is 0 Å². The first-order chi connectivity index (χ1) is 8.90. The van der Waals surface area contributed by atoms with E-state index in [-0.39, 0.29) is 0 Å². The van der Waals surface area contributed by atoms with E-state index in [1.807, 2.05) is 6.07 Å². The Morgan fingerprint density at radius 2 is 2.33 bits per heavy atom. The van der Waals surface area contributed by atoms with Gasteiger partial charge in [0.05, 0.1) is 12.9 Å². The molecule has 0 aliphatic carbocycles. The lowest BCUT2D eigenvalue weighted by molar-refractivity contribution is 0.108. The van der Waals surface area contributed by atoms with Crippen molar-refractivity contribution in [3.63, 3.8) is 0 Å². The maximum absolute atomic E-state index is 5.66. The third-order valence-corrected chi connectivity index (χ3v) is 3.65. The zero-order chi connectivity index (χ0) is 12.6. The molecule has 0 radical (unpaired) electrons. The molecule has 0 spiro atoms. The van der Waals surface area contributed by atoms with Crippen LogP contribution >= 0.6 is 11.3 Å². The first-order valence-electron chi connectivity index (χ1n) is 6.26. The normalized spacial score (nSPS) is 10.9. The van der Waals surface area contributed by atoms with Gasteiger partial charge in [-0.2, -0.15) is 0 Å². The Morgan fingerprint density at radius 1 is 1.39 bits per heavy atom. The molecule has 3 nitrogen and oxygen atoms in total. The van der Waals surface area contributed by atoms with Crippen molar-refractivity contribution < 1.29 is 9.15 Å². The topological polar surface area (TPSA) is 34.4 Å². The molecule has 0 unspecified atom stereocenters. The van der Waals surface area contributed by atoms with Crippen molar-refractivity contribution in [3.05, 3.63) is 46.0 Å². The van der Waals surface area contributed by atoms with E-state index in [9.17, 15) is 0 Å². The van der Waals surface area contributed by atoms with E-state index in [1.165, 1.54) is 10.4 Å². The smallest absolute Gasteiger partial charge is 0.133 e. The monoisotopic (exact) mass is 265 g/mol. The van der Waals surface area contributed by atoms with Gasteiger partial charge in [-0.3, -0.25) is 0 Å². The molecular formula is C14H19NO2S. The third-order valence-electron chi connectivity index (χ3n) is 2.71. The molecule has 0 aliphatic heterocycles. The van der Waals surface area contributed by atoms with Crippen LogP contribution in [0.15, 0.2) is 34.3 Å². The Bertz CT molecular complexity index is 436. The average Bonchev–Trinajstić information content (AvgIpc) is 3.03. The van der Waals surface area contributed by atoms with Crippen molar-refractivity contribution in [1.29, 1.82) is 0 Å². The number of ether oxygens (including phenoxy) is 1. The van der Waals surface area contributed by atoms with E-state index in [4.69, 9.17) is 9.15 Å². The number of rotatable bonds is 8. The molecule has 1 N–H and O–H groups in total. The molecule has 2 rings (SSSR count). The molecule has 98 valence electrons. The van der Waals surface area contributed by atoms with Crippen molar-refractivity contribution >= 4 is 11.3 Å². The van der Waals surface area contributed by atoms with Crippen molar-refractivity contribution in [2.24, 2.45) is 0 Å². The zero-order valence-electron chi connectivity index (χ0n) is 10.6. The summed E-state index contributed by atoms with van der Waals surface area (Å²) in [5.41, 5.74) is 1.19. The summed E-state index contributed by atoms with van der Waals surface area (Å²) in [7, 11) is 0. The minimum Gasteiger partial charge on any atom is -0.467 e. The molecule has 2 aromatic heterocycles. The summed E-state index contributed by atoms with van der Waals surface area (Å²) in [6, 6.07) is 6.21. The van der Waals surface area contributed by atoms with Gasteiger partial charge in [0.25, 0.3) is 0 Å². The molecule has 0 saturated carbocycles. The average molecular weight is 265 g/mol. The molecule has 4 heteroatoms. The molecule has 2 aromatic rings. The second-order valence-electron chi connectivity index (χ2n) is 4.03. The molecule has 0 fully saturated rings. The molecule has 18 heavy (non-hydrogen) atoms. The Labute approximate surface area is 112 Å². The fourth-order valence-electron chi connectivity index (χ4n) is 1.70. The minimum atomic E-state index is 0.555. The van der Waals surface area contributed by atoms with Crippen LogP contribution in [0.5, 0.6) is 0 Å². The second kappa shape index (κ2) is 7.36. The van der Waals surface area contributed by atoms with Crippen LogP contribution in [-0.2, 0) is 24.3 Å². The fourth-order valence-corrected chi connectivity index (χ4v) is 2.39. The summed E-state index contributed by atoms with van der Waals surface area (Å²) in [6.07, 6.45) is 2.70. The Balaban J connectivity index is 1.71. The second-order valence-corrected chi connectivity index (χ2v) is 5.06. The maximum atomic E-state index is 5.66. The summed E-state index contributed by atoms with van der Waals surface area (Å²) in [6.45, 7) is 5.19. The highest BCUT2D eigenvalue weighted by molar-refractivity contribution is 7.09. The number of hydrogen-bond donors (Lipinski definition) is 1. The summed E-state index contributed by atoms with van der Waals surface area (Å²) in [5, 5.41) is 5.38. The summed E-state index contributed by atoms with van der Waals surface area (Å²) in [4.78, 5) is 1.36. The number of thiophene rings is 1. The van der Waals surface area contributed by atoms with E-state index in [0.29, 0.717) is 6.61 Å². The highest BCUT2D eigenvalue weighted by atomic mass is 32.1. The van der Waals surface area contributed by atoms with Crippen molar-refractivity contribution in [1.82, 2.24) is 5.32 Å². The van der Waals surface area contributed by atoms with Crippen LogP contribution in [-0.4, -0.2) is 13.2 Å². The quantitative estimate of drug-likeness (QED) is 0.744. The Hall–Kier alpha value is -1.10. The SMILES string of the molecule is CCNCc1ccoc1COCCc1cccs1. The van der Waals surface area contributed by atoms with Crippen LogP contribution in [0.1, 0.15) is 23.1 Å². The number of furan rings is 1. The molecule has 0 saturated heterocycles. The van der Waals surface area contributed by atoms with Crippen molar-refractivity contribution in [2.75, 3.05) is 13.2 Å².